The number of esters is 1. The SMILES string of the molecule is CC(C)=CCCC(C)=CCCC(C)=CCCC(C)=CCC(=O)OC[C@H](O)[C@H](O)CO. The minimum atomic E-state index is -1.30. The summed E-state index contributed by atoms with van der Waals surface area (Å²) in [6.45, 7) is 9.72. The van der Waals surface area contributed by atoms with Crippen LogP contribution in [0.5, 0.6) is 0 Å². The van der Waals surface area contributed by atoms with E-state index in [9.17, 15) is 15.0 Å². The summed E-state index contributed by atoms with van der Waals surface area (Å²) in [7, 11) is 0. The van der Waals surface area contributed by atoms with Crippen molar-refractivity contribution >= 4 is 5.97 Å². The maximum atomic E-state index is 11.7. The molecule has 0 rings (SSSR count). The lowest BCUT2D eigenvalue weighted by Crippen LogP contribution is -2.34. The summed E-state index contributed by atoms with van der Waals surface area (Å²) in [5.74, 6) is -0.461. The van der Waals surface area contributed by atoms with E-state index in [2.05, 4.69) is 45.9 Å². The third-order valence-corrected chi connectivity index (χ3v) is 4.82. The predicted octanol–water partition coefficient (Wildman–Crippen LogP) is 4.78. The van der Waals surface area contributed by atoms with Crippen LogP contribution in [-0.2, 0) is 9.53 Å². The molecule has 2 atom stereocenters. The summed E-state index contributed by atoms with van der Waals surface area (Å²) >= 11 is 0. The highest BCUT2D eigenvalue weighted by atomic mass is 16.5. The second-order valence-electron chi connectivity index (χ2n) is 8.25. The number of hydrogen-bond donors (Lipinski definition) is 3. The van der Waals surface area contributed by atoms with Gasteiger partial charge in [-0.25, -0.2) is 0 Å². The summed E-state index contributed by atoms with van der Waals surface area (Å²) in [5.41, 5.74) is 5.32. The fourth-order valence-electron chi connectivity index (χ4n) is 2.71. The van der Waals surface area contributed by atoms with Gasteiger partial charge in [0.2, 0.25) is 0 Å². The van der Waals surface area contributed by atoms with Crippen molar-refractivity contribution in [1.29, 1.82) is 0 Å². The topological polar surface area (TPSA) is 87.0 Å². The Bertz CT molecular complexity index is 609. The van der Waals surface area contributed by atoms with Gasteiger partial charge in [-0.15, -0.1) is 0 Å². The Hall–Kier alpha value is -1.69. The molecule has 0 saturated heterocycles. The van der Waals surface area contributed by atoms with Gasteiger partial charge in [-0.05, 0) is 73.1 Å². The van der Waals surface area contributed by atoms with Crippen LogP contribution in [0.15, 0.2) is 46.6 Å². The predicted molar refractivity (Wildman–Crippen MR) is 123 cm³/mol. The molecule has 0 unspecified atom stereocenters. The van der Waals surface area contributed by atoms with Crippen molar-refractivity contribution in [2.75, 3.05) is 13.2 Å². The summed E-state index contributed by atoms with van der Waals surface area (Å²) in [6.07, 6.45) is 12.5. The van der Waals surface area contributed by atoms with E-state index in [0.29, 0.717) is 0 Å². The lowest BCUT2D eigenvalue weighted by Gasteiger charge is -2.15. The van der Waals surface area contributed by atoms with Crippen molar-refractivity contribution in [1.82, 2.24) is 0 Å². The van der Waals surface area contributed by atoms with Crippen LogP contribution in [0.1, 0.15) is 79.6 Å². The first kappa shape index (κ1) is 28.3. The minimum Gasteiger partial charge on any atom is -0.463 e. The Morgan fingerprint density at radius 1 is 0.767 bits per heavy atom. The van der Waals surface area contributed by atoms with E-state index in [4.69, 9.17) is 9.84 Å². The van der Waals surface area contributed by atoms with Crippen LogP contribution in [-0.4, -0.2) is 46.7 Å². The third-order valence-electron chi connectivity index (χ3n) is 4.82. The Labute approximate surface area is 182 Å². The quantitative estimate of drug-likeness (QED) is 0.261. The maximum absolute atomic E-state index is 11.7. The molecule has 0 aliphatic rings. The number of carbonyl (C=O) groups is 1. The molecule has 0 heterocycles. The van der Waals surface area contributed by atoms with Crippen molar-refractivity contribution in [2.45, 2.75) is 91.8 Å². The molecule has 0 saturated carbocycles. The van der Waals surface area contributed by atoms with Crippen molar-refractivity contribution in [2.24, 2.45) is 0 Å². The number of hydrogen-bond acceptors (Lipinski definition) is 5. The molecule has 5 heteroatoms. The largest absolute Gasteiger partial charge is 0.463 e. The van der Waals surface area contributed by atoms with Gasteiger partial charge >= 0.3 is 5.97 Å². The summed E-state index contributed by atoms with van der Waals surface area (Å²) in [4.78, 5) is 11.7. The van der Waals surface area contributed by atoms with Gasteiger partial charge in [-0.3, -0.25) is 4.79 Å². The Morgan fingerprint density at radius 2 is 1.23 bits per heavy atom. The van der Waals surface area contributed by atoms with Gasteiger partial charge in [0, 0.05) is 0 Å². The second kappa shape index (κ2) is 17.0. The molecule has 5 nitrogen and oxygen atoms in total. The number of aliphatic hydroxyl groups is 3. The van der Waals surface area contributed by atoms with Crippen LogP contribution >= 0.6 is 0 Å². The van der Waals surface area contributed by atoms with E-state index in [1.54, 1.807) is 0 Å². The number of carbonyl (C=O) groups excluding carboxylic acids is 1. The highest BCUT2D eigenvalue weighted by Gasteiger charge is 2.16. The Balaban J connectivity index is 4.11. The van der Waals surface area contributed by atoms with Crippen LogP contribution in [0.2, 0.25) is 0 Å². The zero-order chi connectivity index (χ0) is 22.9. The van der Waals surface area contributed by atoms with Gasteiger partial charge < -0.3 is 20.1 Å². The van der Waals surface area contributed by atoms with E-state index in [-0.39, 0.29) is 13.0 Å². The van der Waals surface area contributed by atoms with Gasteiger partial charge in [0.15, 0.2) is 0 Å². The van der Waals surface area contributed by atoms with E-state index in [1.807, 2.05) is 13.0 Å². The molecule has 0 aliphatic heterocycles. The smallest absolute Gasteiger partial charge is 0.309 e. The molecule has 30 heavy (non-hydrogen) atoms. The lowest BCUT2D eigenvalue weighted by molar-refractivity contribution is -0.148. The van der Waals surface area contributed by atoms with Crippen LogP contribution in [0, 0.1) is 0 Å². The fraction of sp³-hybridized carbons (Fsp3) is 0.640. The fourth-order valence-corrected chi connectivity index (χ4v) is 2.71. The van der Waals surface area contributed by atoms with Gasteiger partial charge in [0.05, 0.1) is 13.0 Å². The average molecular weight is 423 g/mol. The first-order valence-electron chi connectivity index (χ1n) is 10.9. The van der Waals surface area contributed by atoms with Gasteiger partial charge in [0.25, 0.3) is 0 Å². The number of allylic oxidation sites excluding steroid dienone is 7. The van der Waals surface area contributed by atoms with Crippen molar-refractivity contribution in [3.05, 3.63) is 46.6 Å². The molecule has 0 bridgehead atoms. The maximum Gasteiger partial charge on any atom is 0.309 e. The molecule has 3 N–H and O–H groups in total. The monoisotopic (exact) mass is 422 g/mol. The molecule has 172 valence electrons. The van der Waals surface area contributed by atoms with E-state index in [0.717, 1.165) is 44.1 Å². The van der Waals surface area contributed by atoms with E-state index >= 15 is 0 Å². The summed E-state index contributed by atoms with van der Waals surface area (Å²) < 4.78 is 4.89. The molecule has 0 aromatic heterocycles. The minimum absolute atomic E-state index is 0.132. The summed E-state index contributed by atoms with van der Waals surface area (Å²) in [6, 6.07) is 0. The van der Waals surface area contributed by atoms with E-state index in [1.165, 1.54) is 16.7 Å². The average Bonchev–Trinajstić information content (AvgIpc) is 2.69. The van der Waals surface area contributed by atoms with Gasteiger partial charge in [0.1, 0.15) is 18.8 Å². The zero-order valence-electron chi connectivity index (χ0n) is 19.5. The van der Waals surface area contributed by atoms with Gasteiger partial charge in [-0.1, -0.05) is 46.6 Å². The number of aliphatic hydroxyl groups excluding tert-OH is 3. The van der Waals surface area contributed by atoms with Gasteiger partial charge in [-0.2, -0.15) is 0 Å². The molecule has 0 amide bonds. The molecule has 0 aromatic rings. The normalized spacial score (nSPS) is 15.0. The number of ether oxygens (including phenoxy) is 1. The molecular formula is C25H42O5. The lowest BCUT2D eigenvalue weighted by atomic mass is 10.0. The van der Waals surface area contributed by atoms with Crippen LogP contribution in [0.3, 0.4) is 0 Å². The van der Waals surface area contributed by atoms with Crippen LogP contribution in [0.4, 0.5) is 0 Å². The first-order valence-corrected chi connectivity index (χ1v) is 10.9. The molecule has 0 spiro atoms. The molecule has 0 radical (unpaired) electrons. The molecule has 0 aliphatic carbocycles. The van der Waals surface area contributed by atoms with E-state index < -0.39 is 24.8 Å². The molecular weight excluding hydrogens is 380 g/mol. The highest BCUT2D eigenvalue weighted by Crippen LogP contribution is 2.14. The highest BCUT2D eigenvalue weighted by molar-refractivity contribution is 5.71. The third kappa shape index (κ3) is 16.1. The van der Waals surface area contributed by atoms with Crippen molar-refractivity contribution < 1.29 is 24.9 Å². The first-order chi connectivity index (χ1) is 14.1. The zero-order valence-corrected chi connectivity index (χ0v) is 19.5. The van der Waals surface area contributed by atoms with Crippen LogP contribution in [0.25, 0.3) is 0 Å². The van der Waals surface area contributed by atoms with Crippen molar-refractivity contribution in [3.8, 4) is 0 Å². The standard InChI is InChI=1S/C25H42O5/c1-19(2)9-6-10-20(3)11-7-12-21(4)13-8-14-22(5)15-16-25(29)30-18-24(28)23(27)17-26/h9,11,13,15,23-24,26-28H,6-8,10,12,14,16-18H2,1-5H3/t23-,24+/m1/s1. The molecule has 0 fully saturated rings. The van der Waals surface area contributed by atoms with Crippen LogP contribution < -0.4 is 0 Å². The summed E-state index contributed by atoms with van der Waals surface area (Å²) in [5, 5.41) is 27.4. The second-order valence-corrected chi connectivity index (χ2v) is 8.25. The Morgan fingerprint density at radius 3 is 1.70 bits per heavy atom. The number of rotatable bonds is 15. The molecule has 0 aromatic carbocycles. The Kier molecular flexibility index (Phi) is 16.1. The van der Waals surface area contributed by atoms with Crippen molar-refractivity contribution in [3.63, 3.8) is 0 Å².